The van der Waals surface area contributed by atoms with Crippen LogP contribution in [0.2, 0.25) is 0 Å². The monoisotopic (exact) mass is 226 g/mol. The second-order valence-corrected chi connectivity index (χ2v) is 5.27. The maximum absolute atomic E-state index is 6.12. The molecule has 2 nitrogen and oxygen atoms in total. The number of aromatic nitrogens is 1. The number of anilines is 1. The molecule has 88 valence electrons. The molecule has 0 amide bonds. The van der Waals surface area contributed by atoms with Gasteiger partial charge in [-0.25, -0.2) is 0 Å². The van der Waals surface area contributed by atoms with Crippen molar-refractivity contribution in [2.24, 2.45) is 0 Å². The first-order valence-corrected chi connectivity index (χ1v) is 5.80. The standard InChI is InChI=1S/C15H18N2/c1-15(2,3)12-8-7-11(10-13(12)16)14-6-4-5-9-17-14/h4-10H,16H2,1-3H3. The van der Waals surface area contributed by atoms with Gasteiger partial charge in [-0.05, 0) is 29.2 Å². The molecule has 0 saturated carbocycles. The highest BCUT2D eigenvalue weighted by atomic mass is 14.7. The van der Waals surface area contributed by atoms with Crippen molar-refractivity contribution in [3.63, 3.8) is 0 Å². The molecular formula is C15H18N2. The summed E-state index contributed by atoms with van der Waals surface area (Å²) in [6.07, 6.45) is 1.79. The van der Waals surface area contributed by atoms with Crippen LogP contribution in [0.1, 0.15) is 26.3 Å². The summed E-state index contributed by atoms with van der Waals surface area (Å²) in [6, 6.07) is 12.1. The van der Waals surface area contributed by atoms with Crippen LogP contribution in [0.15, 0.2) is 42.6 Å². The van der Waals surface area contributed by atoms with Gasteiger partial charge in [0.2, 0.25) is 0 Å². The van der Waals surface area contributed by atoms with E-state index in [1.807, 2.05) is 24.3 Å². The fraction of sp³-hybridized carbons (Fsp3) is 0.267. The molecule has 0 fully saturated rings. The van der Waals surface area contributed by atoms with Crippen molar-refractivity contribution in [3.05, 3.63) is 48.2 Å². The molecular weight excluding hydrogens is 208 g/mol. The summed E-state index contributed by atoms with van der Waals surface area (Å²) in [5.74, 6) is 0. The largest absolute Gasteiger partial charge is 0.398 e. The van der Waals surface area contributed by atoms with Gasteiger partial charge in [-0.15, -0.1) is 0 Å². The van der Waals surface area contributed by atoms with Crippen LogP contribution in [-0.2, 0) is 5.41 Å². The molecule has 2 rings (SSSR count). The van der Waals surface area contributed by atoms with Gasteiger partial charge in [0, 0.05) is 17.4 Å². The summed E-state index contributed by atoms with van der Waals surface area (Å²) >= 11 is 0. The minimum absolute atomic E-state index is 0.0761. The average molecular weight is 226 g/mol. The molecule has 0 radical (unpaired) electrons. The third kappa shape index (κ3) is 2.47. The number of nitrogens with zero attached hydrogens (tertiary/aromatic N) is 1. The molecule has 2 aromatic rings. The topological polar surface area (TPSA) is 38.9 Å². The van der Waals surface area contributed by atoms with Gasteiger partial charge in [-0.2, -0.15) is 0 Å². The maximum atomic E-state index is 6.12. The van der Waals surface area contributed by atoms with Crippen LogP contribution in [0.4, 0.5) is 5.69 Å². The normalized spacial score (nSPS) is 11.5. The lowest BCUT2D eigenvalue weighted by molar-refractivity contribution is 0.592. The summed E-state index contributed by atoms with van der Waals surface area (Å²) in [5, 5.41) is 0. The lowest BCUT2D eigenvalue weighted by Crippen LogP contribution is -2.13. The van der Waals surface area contributed by atoms with Gasteiger partial charge in [0.05, 0.1) is 5.69 Å². The Labute approximate surface area is 103 Å². The Balaban J connectivity index is 2.45. The van der Waals surface area contributed by atoms with Crippen molar-refractivity contribution in [3.8, 4) is 11.3 Å². The molecule has 0 aliphatic heterocycles. The van der Waals surface area contributed by atoms with Crippen molar-refractivity contribution < 1.29 is 0 Å². The van der Waals surface area contributed by atoms with Gasteiger partial charge >= 0.3 is 0 Å². The first-order chi connectivity index (χ1) is 7.98. The lowest BCUT2D eigenvalue weighted by Gasteiger charge is -2.21. The molecule has 2 N–H and O–H groups in total. The van der Waals surface area contributed by atoms with Gasteiger partial charge in [0.1, 0.15) is 0 Å². The fourth-order valence-electron chi connectivity index (χ4n) is 1.94. The SMILES string of the molecule is CC(C)(C)c1ccc(-c2ccccn2)cc1N. The molecule has 0 aliphatic carbocycles. The van der Waals surface area contributed by atoms with E-state index >= 15 is 0 Å². The number of nitrogens with two attached hydrogens (primary N) is 1. The zero-order valence-corrected chi connectivity index (χ0v) is 10.6. The Morgan fingerprint density at radius 1 is 1.06 bits per heavy atom. The quantitative estimate of drug-likeness (QED) is 0.754. The van der Waals surface area contributed by atoms with Crippen LogP contribution in [0.25, 0.3) is 11.3 Å². The smallest absolute Gasteiger partial charge is 0.0702 e. The minimum Gasteiger partial charge on any atom is -0.398 e. The van der Waals surface area contributed by atoms with Gasteiger partial charge < -0.3 is 5.73 Å². The van der Waals surface area contributed by atoms with Crippen LogP contribution >= 0.6 is 0 Å². The van der Waals surface area contributed by atoms with Gasteiger partial charge in [0.15, 0.2) is 0 Å². The summed E-state index contributed by atoms with van der Waals surface area (Å²) < 4.78 is 0. The van der Waals surface area contributed by atoms with E-state index in [1.165, 1.54) is 5.56 Å². The highest BCUT2D eigenvalue weighted by molar-refractivity contribution is 5.67. The average Bonchev–Trinajstić information content (AvgIpc) is 2.28. The summed E-state index contributed by atoms with van der Waals surface area (Å²) in [7, 11) is 0. The van der Waals surface area contributed by atoms with Crippen molar-refractivity contribution in [2.75, 3.05) is 5.73 Å². The Kier molecular flexibility index (Phi) is 2.88. The van der Waals surface area contributed by atoms with Crippen molar-refractivity contribution in [1.29, 1.82) is 0 Å². The van der Waals surface area contributed by atoms with E-state index in [-0.39, 0.29) is 5.41 Å². The van der Waals surface area contributed by atoms with Crippen LogP contribution in [0, 0.1) is 0 Å². The van der Waals surface area contributed by atoms with E-state index in [0.717, 1.165) is 16.9 Å². The molecule has 17 heavy (non-hydrogen) atoms. The molecule has 0 aliphatic rings. The highest BCUT2D eigenvalue weighted by Gasteiger charge is 2.17. The Hall–Kier alpha value is -1.83. The van der Waals surface area contributed by atoms with E-state index in [2.05, 4.69) is 37.9 Å². The van der Waals surface area contributed by atoms with E-state index in [0.29, 0.717) is 0 Å². The Bertz CT molecular complexity index is 510. The fourth-order valence-corrected chi connectivity index (χ4v) is 1.94. The number of hydrogen-bond acceptors (Lipinski definition) is 2. The molecule has 0 unspecified atom stereocenters. The van der Waals surface area contributed by atoms with Crippen molar-refractivity contribution >= 4 is 5.69 Å². The van der Waals surface area contributed by atoms with Gasteiger partial charge in [0.25, 0.3) is 0 Å². The van der Waals surface area contributed by atoms with Crippen LogP contribution in [0.5, 0.6) is 0 Å². The molecule has 0 saturated heterocycles. The van der Waals surface area contributed by atoms with E-state index in [9.17, 15) is 0 Å². The molecule has 1 aromatic heterocycles. The van der Waals surface area contributed by atoms with E-state index < -0.39 is 0 Å². The summed E-state index contributed by atoms with van der Waals surface area (Å²) in [6.45, 7) is 6.50. The first-order valence-electron chi connectivity index (χ1n) is 5.80. The third-order valence-electron chi connectivity index (χ3n) is 2.82. The second kappa shape index (κ2) is 4.21. The third-order valence-corrected chi connectivity index (χ3v) is 2.82. The maximum Gasteiger partial charge on any atom is 0.0702 e. The first kappa shape index (κ1) is 11.6. The predicted octanol–water partition coefficient (Wildman–Crippen LogP) is 3.63. The molecule has 0 atom stereocenters. The van der Waals surface area contributed by atoms with Crippen LogP contribution in [-0.4, -0.2) is 4.98 Å². The Morgan fingerprint density at radius 2 is 1.82 bits per heavy atom. The minimum atomic E-state index is 0.0761. The number of rotatable bonds is 1. The predicted molar refractivity (Wildman–Crippen MR) is 72.8 cm³/mol. The molecule has 0 spiro atoms. The number of nitrogen functional groups attached to an aromatic ring is 1. The molecule has 1 aromatic carbocycles. The van der Waals surface area contributed by atoms with Gasteiger partial charge in [-0.3, -0.25) is 4.98 Å². The highest BCUT2D eigenvalue weighted by Crippen LogP contribution is 2.30. The van der Waals surface area contributed by atoms with E-state index in [1.54, 1.807) is 6.20 Å². The summed E-state index contributed by atoms with van der Waals surface area (Å²) in [4.78, 5) is 4.33. The zero-order chi connectivity index (χ0) is 12.5. The number of hydrogen-bond donors (Lipinski definition) is 1. The second-order valence-electron chi connectivity index (χ2n) is 5.27. The Morgan fingerprint density at radius 3 is 2.35 bits per heavy atom. The molecule has 2 heteroatoms. The van der Waals surface area contributed by atoms with Crippen LogP contribution in [0.3, 0.4) is 0 Å². The number of pyridine rings is 1. The lowest BCUT2D eigenvalue weighted by atomic mass is 9.85. The van der Waals surface area contributed by atoms with Crippen LogP contribution < -0.4 is 5.73 Å². The van der Waals surface area contributed by atoms with Crippen molar-refractivity contribution in [1.82, 2.24) is 4.98 Å². The number of benzene rings is 1. The van der Waals surface area contributed by atoms with Crippen molar-refractivity contribution in [2.45, 2.75) is 26.2 Å². The zero-order valence-electron chi connectivity index (χ0n) is 10.6. The van der Waals surface area contributed by atoms with Gasteiger partial charge in [-0.1, -0.05) is 39.0 Å². The molecule has 0 bridgehead atoms. The van der Waals surface area contributed by atoms with E-state index in [4.69, 9.17) is 5.73 Å². The molecule has 1 heterocycles. The summed E-state index contributed by atoms with van der Waals surface area (Å²) in [5.41, 5.74) is 10.2.